The lowest BCUT2D eigenvalue weighted by Gasteiger charge is -2.07. The van der Waals surface area contributed by atoms with Gasteiger partial charge in [0.15, 0.2) is 5.76 Å². The van der Waals surface area contributed by atoms with Crippen LogP contribution in [0.4, 0.5) is 5.69 Å². The summed E-state index contributed by atoms with van der Waals surface area (Å²) >= 11 is 11.7. The Bertz CT molecular complexity index is 741. The normalized spacial score (nSPS) is 10.4. The molecule has 1 amide bonds. The van der Waals surface area contributed by atoms with Crippen molar-refractivity contribution in [3.63, 3.8) is 0 Å². The summed E-state index contributed by atoms with van der Waals surface area (Å²) in [6.07, 6.45) is 1.80. The number of halogens is 2. The predicted molar refractivity (Wildman–Crippen MR) is 91.6 cm³/mol. The van der Waals surface area contributed by atoms with Crippen molar-refractivity contribution < 1.29 is 18.8 Å². The Morgan fingerprint density at radius 3 is 2.54 bits per heavy atom. The fraction of sp³-hybridized carbons (Fsp3) is 0.235. The third kappa shape index (κ3) is 5.51. The van der Waals surface area contributed by atoms with Crippen molar-refractivity contribution in [2.75, 3.05) is 5.32 Å². The molecule has 0 bridgehead atoms. The number of hydrogen-bond donors (Lipinski definition) is 1. The van der Waals surface area contributed by atoms with Crippen molar-refractivity contribution in [2.24, 2.45) is 0 Å². The highest BCUT2D eigenvalue weighted by molar-refractivity contribution is 6.36. The van der Waals surface area contributed by atoms with Gasteiger partial charge < -0.3 is 9.73 Å². The molecule has 0 aliphatic carbocycles. The third-order valence-corrected chi connectivity index (χ3v) is 3.77. The molecule has 0 aliphatic heterocycles. The first-order valence-corrected chi connectivity index (χ1v) is 8.04. The molecule has 24 heavy (non-hydrogen) atoms. The molecule has 0 fully saturated rings. The first-order chi connectivity index (χ1) is 11.5. The molecule has 1 aromatic heterocycles. The molecule has 126 valence electrons. The van der Waals surface area contributed by atoms with Gasteiger partial charge in [-0.3, -0.25) is 14.4 Å². The van der Waals surface area contributed by atoms with E-state index in [-0.39, 0.29) is 42.5 Å². The largest absolute Gasteiger partial charge is 0.461 e. The Balaban J connectivity index is 1.72. The number of carbonyl (C=O) groups excluding carboxylic acids is 3. The summed E-state index contributed by atoms with van der Waals surface area (Å²) in [5.74, 6) is -0.682. The van der Waals surface area contributed by atoms with Gasteiger partial charge in [0, 0.05) is 17.9 Å². The Morgan fingerprint density at radius 2 is 1.88 bits per heavy atom. The van der Waals surface area contributed by atoms with E-state index in [0.717, 1.165) is 0 Å². The molecule has 2 aromatic rings. The van der Waals surface area contributed by atoms with Gasteiger partial charge in [-0.05, 0) is 36.8 Å². The number of rotatable bonds is 8. The van der Waals surface area contributed by atoms with Crippen LogP contribution in [0.5, 0.6) is 0 Å². The monoisotopic (exact) mass is 367 g/mol. The lowest BCUT2D eigenvalue weighted by atomic mass is 10.1. The van der Waals surface area contributed by atoms with E-state index in [9.17, 15) is 14.4 Å². The highest BCUT2D eigenvalue weighted by Crippen LogP contribution is 2.25. The highest BCUT2D eigenvalue weighted by atomic mass is 35.5. The molecule has 7 heteroatoms. The summed E-state index contributed by atoms with van der Waals surface area (Å²) in [6.45, 7) is 0. The molecule has 0 saturated carbocycles. The molecule has 0 spiro atoms. The second-order valence-electron chi connectivity index (χ2n) is 5.14. The maximum Gasteiger partial charge on any atom is 0.224 e. The topological polar surface area (TPSA) is 76.4 Å². The van der Waals surface area contributed by atoms with Crippen LogP contribution in [0.3, 0.4) is 0 Å². The first kappa shape index (κ1) is 18.2. The van der Waals surface area contributed by atoms with Gasteiger partial charge >= 0.3 is 0 Å². The Kier molecular flexibility index (Phi) is 6.58. The summed E-state index contributed by atoms with van der Waals surface area (Å²) in [7, 11) is 0. The quantitative estimate of drug-likeness (QED) is 0.548. The van der Waals surface area contributed by atoms with Crippen molar-refractivity contribution >= 4 is 46.4 Å². The number of hydrogen-bond acceptors (Lipinski definition) is 4. The van der Waals surface area contributed by atoms with E-state index < -0.39 is 0 Å². The van der Waals surface area contributed by atoms with E-state index in [2.05, 4.69) is 5.32 Å². The Morgan fingerprint density at radius 1 is 1.08 bits per heavy atom. The molecular weight excluding hydrogens is 353 g/mol. The van der Waals surface area contributed by atoms with Crippen LogP contribution in [0.25, 0.3) is 0 Å². The van der Waals surface area contributed by atoms with E-state index in [0.29, 0.717) is 22.2 Å². The van der Waals surface area contributed by atoms with E-state index in [1.54, 1.807) is 18.2 Å². The number of ketones is 2. The minimum Gasteiger partial charge on any atom is -0.461 e. The molecule has 0 atom stereocenters. The SMILES string of the molecule is O=C(CCCC(=O)Nc1ccc(Cl)cc1Cl)CC(=O)c1ccco1. The molecule has 5 nitrogen and oxygen atoms in total. The summed E-state index contributed by atoms with van der Waals surface area (Å²) in [6, 6.07) is 7.86. The Labute approximate surface area is 148 Å². The number of nitrogens with one attached hydrogen (secondary N) is 1. The fourth-order valence-electron chi connectivity index (χ4n) is 2.04. The van der Waals surface area contributed by atoms with E-state index in [4.69, 9.17) is 27.6 Å². The molecule has 0 unspecified atom stereocenters. The zero-order valence-electron chi connectivity index (χ0n) is 12.7. The number of benzene rings is 1. The maximum absolute atomic E-state index is 11.8. The molecule has 1 N–H and O–H groups in total. The van der Waals surface area contributed by atoms with Gasteiger partial charge in [-0.15, -0.1) is 0 Å². The molecular formula is C17H15Cl2NO4. The molecule has 0 aliphatic rings. The van der Waals surface area contributed by atoms with Crippen LogP contribution in [0.1, 0.15) is 36.2 Å². The zero-order valence-corrected chi connectivity index (χ0v) is 14.2. The van der Waals surface area contributed by atoms with E-state index in [1.165, 1.54) is 18.4 Å². The van der Waals surface area contributed by atoms with E-state index >= 15 is 0 Å². The first-order valence-electron chi connectivity index (χ1n) is 7.29. The molecule has 2 rings (SSSR count). The average Bonchev–Trinajstić information content (AvgIpc) is 3.04. The summed E-state index contributed by atoms with van der Waals surface area (Å²) in [4.78, 5) is 35.3. The predicted octanol–water partition coefficient (Wildman–Crippen LogP) is 4.54. The number of carbonyl (C=O) groups is 3. The average molecular weight is 368 g/mol. The number of anilines is 1. The van der Waals surface area contributed by atoms with Crippen LogP contribution in [0.15, 0.2) is 41.0 Å². The molecule has 0 saturated heterocycles. The molecule has 1 aromatic carbocycles. The second kappa shape index (κ2) is 8.66. The van der Waals surface area contributed by atoms with Gasteiger partial charge in [0.1, 0.15) is 5.78 Å². The van der Waals surface area contributed by atoms with Crippen molar-refractivity contribution in [2.45, 2.75) is 25.7 Å². The van der Waals surface area contributed by atoms with Crippen molar-refractivity contribution in [3.05, 3.63) is 52.4 Å². The Hall–Kier alpha value is -2.11. The zero-order chi connectivity index (χ0) is 17.5. The van der Waals surface area contributed by atoms with Crippen LogP contribution >= 0.6 is 23.2 Å². The lowest BCUT2D eigenvalue weighted by Crippen LogP contribution is -2.13. The highest BCUT2D eigenvalue weighted by Gasteiger charge is 2.14. The second-order valence-corrected chi connectivity index (χ2v) is 5.99. The maximum atomic E-state index is 11.8. The summed E-state index contributed by atoms with van der Waals surface area (Å²) < 4.78 is 4.94. The summed E-state index contributed by atoms with van der Waals surface area (Å²) in [5.41, 5.74) is 0.463. The standard InChI is InChI=1S/C17H15Cl2NO4/c18-11-6-7-14(13(19)9-11)20-17(23)5-1-3-12(21)10-15(22)16-4-2-8-24-16/h2,4,6-9H,1,3,5,10H2,(H,20,23). The fourth-order valence-corrected chi connectivity index (χ4v) is 2.50. The van der Waals surface area contributed by atoms with E-state index in [1.807, 2.05) is 0 Å². The third-order valence-electron chi connectivity index (χ3n) is 3.22. The van der Waals surface area contributed by atoms with Crippen LogP contribution in [0.2, 0.25) is 10.0 Å². The van der Waals surface area contributed by atoms with Crippen LogP contribution in [-0.4, -0.2) is 17.5 Å². The smallest absolute Gasteiger partial charge is 0.224 e. The van der Waals surface area contributed by atoms with Crippen molar-refractivity contribution in [3.8, 4) is 0 Å². The minimum atomic E-state index is -0.359. The van der Waals surface area contributed by atoms with Crippen molar-refractivity contribution in [1.29, 1.82) is 0 Å². The van der Waals surface area contributed by atoms with Crippen LogP contribution in [0, 0.1) is 0 Å². The number of furan rings is 1. The van der Waals surface area contributed by atoms with Crippen molar-refractivity contribution in [1.82, 2.24) is 0 Å². The van der Waals surface area contributed by atoms with Gasteiger partial charge in [0.05, 0.1) is 23.4 Å². The van der Waals surface area contributed by atoms with Gasteiger partial charge in [0.25, 0.3) is 0 Å². The van der Waals surface area contributed by atoms with Gasteiger partial charge in [-0.2, -0.15) is 0 Å². The molecule has 0 radical (unpaired) electrons. The number of amides is 1. The molecule has 1 heterocycles. The van der Waals surface area contributed by atoms with Gasteiger partial charge in [-0.1, -0.05) is 23.2 Å². The minimum absolute atomic E-state index is 0.147. The summed E-state index contributed by atoms with van der Waals surface area (Å²) in [5, 5.41) is 3.47. The van der Waals surface area contributed by atoms with Gasteiger partial charge in [-0.25, -0.2) is 0 Å². The lowest BCUT2D eigenvalue weighted by molar-refractivity contribution is -0.118. The van der Waals surface area contributed by atoms with Crippen LogP contribution < -0.4 is 5.32 Å². The number of Topliss-reactive ketones (excluding diaryl/α,β-unsaturated/α-hetero) is 2. The van der Waals surface area contributed by atoms with Gasteiger partial charge in [0.2, 0.25) is 11.7 Å². The van der Waals surface area contributed by atoms with Crippen LogP contribution in [-0.2, 0) is 9.59 Å².